The summed E-state index contributed by atoms with van der Waals surface area (Å²) in [5.74, 6) is 0.679. The number of benzene rings is 1. The van der Waals surface area contributed by atoms with Crippen molar-refractivity contribution in [3.63, 3.8) is 0 Å². The quantitative estimate of drug-likeness (QED) is 0.655. The molecule has 0 unspecified atom stereocenters. The number of nitrogens with zero attached hydrogens (tertiary/aromatic N) is 3. The number of aryl methyl sites for hydroxylation is 1. The maximum Gasteiger partial charge on any atom is 0.226 e. The Morgan fingerprint density at radius 3 is 2.59 bits per heavy atom. The monoisotopic (exact) mass is 377 g/mol. The van der Waals surface area contributed by atoms with Crippen LogP contribution in [0.5, 0.6) is 0 Å². The third kappa shape index (κ3) is 2.61. The van der Waals surface area contributed by atoms with Gasteiger partial charge >= 0.3 is 0 Å². The van der Waals surface area contributed by atoms with Gasteiger partial charge in [0.05, 0.1) is 12.3 Å². The Balaban J connectivity index is 1.91. The Labute approximate surface area is 164 Å². The molecule has 0 spiro atoms. The maximum atomic E-state index is 12.8. The molecule has 4 rings (SSSR count). The summed E-state index contributed by atoms with van der Waals surface area (Å²) in [6.45, 7) is 13.5. The van der Waals surface area contributed by atoms with E-state index in [2.05, 4.69) is 16.8 Å². The van der Waals surface area contributed by atoms with Crippen molar-refractivity contribution in [3.05, 3.63) is 69.9 Å². The van der Waals surface area contributed by atoms with Gasteiger partial charge in [-0.15, -0.1) is 0 Å². The Morgan fingerprint density at radius 2 is 1.93 bits per heavy atom. The van der Waals surface area contributed by atoms with Gasteiger partial charge in [0.15, 0.2) is 11.6 Å². The number of aromatic nitrogens is 2. The molecule has 0 fully saturated rings. The summed E-state index contributed by atoms with van der Waals surface area (Å²) in [6, 6.07) is 7.45. The molecular formula is C22H20ClN3O. The molecule has 0 bridgehead atoms. The van der Waals surface area contributed by atoms with E-state index in [1.165, 1.54) is 0 Å². The van der Waals surface area contributed by atoms with Gasteiger partial charge in [-0.2, -0.15) is 0 Å². The second-order valence-electron chi connectivity index (χ2n) is 8.14. The maximum absolute atomic E-state index is 12.8. The molecule has 0 saturated heterocycles. The minimum atomic E-state index is -0.591. The Hall–Kier alpha value is -2.51. The van der Waals surface area contributed by atoms with Crippen LogP contribution in [0.2, 0.25) is 5.02 Å². The van der Waals surface area contributed by atoms with Crippen molar-refractivity contribution in [1.82, 2.24) is 9.97 Å². The number of carbonyl (C=O) groups excluding carboxylic acids is 1. The van der Waals surface area contributed by atoms with E-state index in [0.717, 1.165) is 29.7 Å². The Bertz CT molecular complexity index is 1020. The molecule has 1 aromatic heterocycles. The first-order valence-electron chi connectivity index (χ1n) is 9.05. The molecule has 0 amide bonds. The van der Waals surface area contributed by atoms with E-state index < -0.39 is 10.8 Å². The highest BCUT2D eigenvalue weighted by molar-refractivity contribution is 6.30. The number of halogens is 1. The van der Waals surface area contributed by atoms with Gasteiger partial charge in [-0.3, -0.25) is 0 Å². The predicted octanol–water partition coefficient (Wildman–Crippen LogP) is 5.03. The first kappa shape index (κ1) is 17.9. The van der Waals surface area contributed by atoms with Gasteiger partial charge < -0.3 is 4.79 Å². The fraction of sp³-hybridized carbons (Fsp3) is 0.364. The van der Waals surface area contributed by atoms with Gasteiger partial charge in [0.2, 0.25) is 5.70 Å². The van der Waals surface area contributed by atoms with Crippen LogP contribution in [0.15, 0.2) is 42.2 Å². The van der Waals surface area contributed by atoms with E-state index in [-0.39, 0.29) is 17.4 Å². The van der Waals surface area contributed by atoms with Gasteiger partial charge in [0.25, 0.3) is 0 Å². The van der Waals surface area contributed by atoms with E-state index >= 15 is 0 Å². The highest BCUT2D eigenvalue weighted by Gasteiger charge is 2.54. The average Bonchev–Trinajstić information content (AvgIpc) is 2.65. The van der Waals surface area contributed by atoms with E-state index in [9.17, 15) is 4.79 Å². The largest absolute Gasteiger partial charge is 0.307 e. The molecule has 0 N–H and O–H groups in total. The fourth-order valence-electron chi connectivity index (χ4n) is 4.76. The zero-order valence-corrected chi connectivity index (χ0v) is 16.3. The van der Waals surface area contributed by atoms with Gasteiger partial charge in [-0.05, 0) is 48.6 Å². The SMILES string of the molecule is [C-]#[N+]C1=C[C@]2(C)c3nc(-c4ccc(Cl)cc4)ncc3CC[C@H]2C(C)(C)C1=O. The van der Waals surface area contributed by atoms with Crippen LogP contribution in [0.4, 0.5) is 0 Å². The number of ketones is 1. The van der Waals surface area contributed by atoms with Crippen LogP contribution < -0.4 is 0 Å². The molecule has 5 heteroatoms. The van der Waals surface area contributed by atoms with Crippen LogP contribution in [0.3, 0.4) is 0 Å². The van der Waals surface area contributed by atoms with Crippen LogP contribution in [-0.2, 0) is 16.6 Å². The third-order valence-electron chi connectivity index (χ3n) is 6.15. The number of fused-ring (bicyclic) bond motifs is 3. The van der Waals surface area contributed by atoms with E-state index in [4.69, 9.17) is 23.2 Å². The number of hydrogen-bond acceptors (Lipinski definition) is 3. The molecule has 4 nitrogen and oxygen atoms in total. The van der Waals surface area contributed by atoms with Crippen molar-refractivity contribution in [1.29, 1.82) is 0 Å². The second-order valence-corrected chi connectivity index (χ2v) is 8.58. The standard InChI is InChI=1S/C22H20ClN3O/c1-21(2)17-10-7-14-12-25-20(13-5-8-15(23)9-6-13)26-18(14)22(17,3)11-16(24-4)19(21)27/h5-6,8-9,11-12,17H,7,10H2,1-3H3/t17-,22-/m0/s1. The Kier molecular flexibility index (Phi) is 3.98. The van der Waals surface area contributed by atoms with E-state index in [1.54, 1.807) is 0 Å². The van der Waals surface area contributed by atoms with Crippen LogP contribution >= 0.6 is 11.6 Å². The van der Waals surface area contributed by atoms with Crippen molar-refractivity contribution in [2.24, 2.45) is 11.3 Å². The van der Waals surface area contributed by atoms with Crippen molar-refractivity contribution in [3.8, 4) is 11.4 Å². The molecule has 0 aliphatic heterocycles. The number of Topliss-reactive ketones (excluding diaryl/α,β-unsaturated/α-hetero) is 1. The lowest BCUT2D eigenvalue weighted by Gasteiger charge is -2.50. The fourth-order valence-corrected chi connectivity index (χ4v) is 4.89. The molecule has 2 atom stereocenters. The third-order valence-corrected chi connectivity index (χ3v) is 6.40. The van der Waals surface area contributed by atoms with Gasteiger partial charge in [0.1, 0.15) is 0 Å². The van der Waals surface area contributed by atoms with Crippen molar-refractivity contribution >= 4 is 17.4 Å². The van der Waals surface area contributed by atoms with E-state index in [1.807, 2.05) is 50.4 Å². The van der Waals surface area contributed by atoms with Gasteiger partial charge in [-0.1, -0.05) is 38.4 Å². The smallest absolute Gasteiger partial charge is 0.226 e. The predicted molar refractivity (Wildman–Crippen MR) is 105 cm³/mol. The number of rotatable bonds is 1. The van der Waals surface area contributed by atoms with Gasteiger partial charge in [-0.25, -0.2) is 14.8 Å². The first-order valence-corrected chi connectivity index (χ1v) is 9.42. The van der Waals surface area contributed by atoms with Crippen LogP contribution in [-0.4, -0.2) is 15.8 Å². The summed E-state index contributed by atoms with van der Waals surface area (Å²) in [4.78, 5) is 25.8. The molecular weight excluding hydrogens is 358 g/mol. The van der Waals surface area contributed by atoms with Crippen LogP contribution in [0.25, 0.3) is 16.2 Å². The summed E-state index contributed by atoms with van der Waals surface area (Å²) in [5.41, 5.74) is 2.09. The molecule has 2 aromatic rings. The Morgan fingerprint density at radius 1 is 1.22 bits per heavy atom. The highest BCUT2D eigenvalue weighted by atomic mass is 35.5. The molecule has 1 heterocycles. The van der Waals surface area contributed by atoms with Crippen molar-refractivity contribution < 1.29 is 4.79 Å². The summed E-state index contributed by atoms with van der Waals surface area (Å²) in [6.07, 6.45) is 5.46. The number of hydrogen-bond donors (Lipinski definition) is 0. The van der Waals surface area contributed by atoms with Crippen LogP contribution in [0, 0.1) is 17.9 Å². The average molecular weight is 378 g/mol. The molecule has 136 valence electrons. The van der Waals surface area contributed by atoms with Crippen molar-refractivity contribution in [2.45, 2.75) is 39.0 Å². The lowest BCUT2D eigenvalue weighted by molar-refractivity contribution is -0.128. The topological polar surface area (TPSA) is 47.2 Å². The summed E-state index contributed by atoms with van der Waals surface area (Å²) in [5, 5.41) is 0.668. The normalized spacial score (nSPS) is 25.8. The van der Waals surface area contributed by atoms with Gasteiger partial charge in [0, 0.05) is 27.6 Å². The van der Waals surface area contributed by atoms with E-state index in [0.29, 0.717) is 10.8 Å². The molecule has 0 saturated carbocycles. The zero-order valence-electron chi connectivity index (χ0n) is 15.6. The summed E-state index contributed by atoms with van der Waals surface area (Å²) >= 11 is 6.00. The molecule has 0 radical (unpaired) electrons. The summed E-state index contributed by atoms with van der Waals surface area (Å²) in [7, 11) is 0. The molecule has 1 aromatic carbocycles. The highest BCUT2D eigenvalue weighted by Crippen LogP contribution is 2.54. The molecule has 27 heavy (non-hydrogen) atoms. The lowest BCUT2D eigenvalue weighted by Crippen LogP contribution is -2.51. The lowest BCUT2D eigenvalue weighted by atomic mass is 9.53. The number of carbonyl (C=O) groups is 1. The zero-order chi connectivity index (χ0) is 19.4. The molecule has 2 aliphatic carbocycles. The minimum absolute atomic E-state index is 0.0598. The number of allylic oxidation sites excluding steroid dienone is 2. The van der Waals surface area contributed by atoms with Crippen LogP contribution in [0.1, 0.15) is 38.4 Å². The molecule has 2 aliphatic rings. The second kappa shape index (κ2) is 6.00. The van der Waals surface area contributed by atoms with Crippen molar-refractivity contribution in [2.75, 3.05) is 0 Å². The minimum Gasteiger partial charge on any atom is -0.307 e. The summed E-state index contributed by atoms with van der Waals surface area (Å²) < 4.78 is 0. The first-order chi connectivity index (χ1) is 12.8.